The molecule has 1 atom stereocenters. The lowest BCUT2D eigenvalue weighted by molar-refractivity contribution is -0.143. The van der Waals surface area contributed by atoms with Gasteiger partial charge in [0.05, 0.1) is 12.2 Å². The van der Waals surface area contributed by atoms with Crippen molar-refractivity contribution in [1.82, 2.24) is 5.32 Å². The highest BCUT2D eigenvalue weighted by atomic mass is 16.5. The second kappa shape index (κ2) is 10.2. The van der Waals surface area contributed by atoms with Crippen LogP contribution in [0.2, 0.25) is 0 Å². The van der Waals surface area contributed by atoms with Crippen LogP contribution in [0.15, 0.2) is 0 Å². The molecular weight excluding hydrogens is 242 g/mol. The molecule has 0 aliphatic heterocycles. The van der Waals surface area contributed by atoms with Crippen LogP contribution in [0.4, 0.5) is 0 Å². The van der Waals surface area contributed by atoms with Gasteiger partial charge in [-0.25, -0.2) is 0 Å². The minimum Gasteiger partial charge on any atom is -0.466 e. The summed E-state index contributed by atoms with van der Waals surface area (Å²) in [5.41, 5.74) is -0.626. The minimum absolute atomic E-state index is 0.102. The Hall–Kier alpha value is -0.610. The van der Waals surface area contributed by atoms with Crippen LogP contribution in [0, 0.1) is 5.92 Å². The van der Waals surface area contributed by atoms with Crippen LogP contribution in [0.25, 0.3) is 0 Å². The molecule has 0 heterocycles. The zero-order chi connectivity index (χ0) is 14.7. The summed E-state index contributed by atoms with van der Waals surface area (Å²) >= 11 is 0. The van der Waals surface area contributed by atoms with Gasteiger partial charge in [0.25, 0.3) is 0 Å². The molecule has 19 heavy (non-hydrogen) atoms. The summed E-state index contributed by atoms with van der Waals surface area (Å²) < 4.78 is 4.86. The Labute approximate surface area is 117 Å². The lowest BCUT2D eigenvalue weighted by Crippen LogP contribution is -2.39. The zero-order valence-electron chi connectivity index (χ0n) is 13.0. The van der Waals surface area contributed by atoms with Gasteiger partial charge >= 0.3 is 5.97 Å². The van der Waals surface area contributed by atoms with E-state index in [1.807, 2.05) is 13.8 Å². The van der Waals surface area contributed by atoms with Crippen molar-refractivity contribution in [2.75, 3.05) is 19.7 Å². The van der Waals surface area contributed by atoms with Gasteiger partial charge in [-0.05, 0) is 45.6 Å². The maximum Gasteiger partial charge on any atom is 0.305 e. The second-order valence-corrected chi connectivity index (χ2v) is 5.89. The van der Waals surface area contributed by atoms with E-state index in [9.17, 15) is 9.90 Å². The van der Waals surface area contributed by atoms with Crippen molar-refractivity contribution in [3.8, 4) is 0 Å². The Kier molecular flexibility index (Phi) is 9.88. The molecule has 1 unspecified atom stereocenters. The van der Waals surface area contributed by atoms with Crippen molar-refractivity contribution >= 4 is 5.97 Å². The maximum atomic E-state index is 11.1. The third-order valence-corrected chi connectivity index (χ3v) is 2.89. The monoisotopic (exact) mass is 273 g/mol. The van der Waals surface area contributed by atoms with Gasteiger partial charge in [0.2, 0.25) is 0 Å². The molecule has 0 aromatic carbocycles. The highest BCUT2D eigenvalue weighted by molar-refractivity contribution is 5.69. The molecule has 2 N–H and O–H groups in total. The number of aliphatic hydroxyl groups is 1. The van der Waals surface area contributed by atoms with E-state index in [1.54, 1.807) is 0 Å². The quantitative estimate of drug-likeness (QED) is 0.448. The lowest BCUT2D eigenvalue weighted by atomic mass is 9.94. The number of hydrogen-bond donors (Lipinski definition) is 2. The molecule has 0 bridgehead atoms. The summed E-state index contributed by atoms with van der Waals surface area (Å²) in [6, 6.07) is 0. The molecule has 0 fully saturated rings. The fourth-order valence-corrected chi connectivity index (χ4v) is 2.24. The van der Waals surface area contributed by atoms with Crippen LogP contribution in [0.5, 0.6) is 0 Å². The second-order valence-electron chi connectivity index (χ2n) is 5.89. The number of ether oxygens (including phenoxy) is 1. The largest absolute Gasteiger partial charge is 0.466 e. The summed E-state index contributed by atoms with van der Waals surface area (Å²) in [4.78, 5) is 11.1. The van der Waals surface area contributed by atoms with E-state index in [1.165, 1.54) is 0 Å². The van der Waals surface area contributed by atoms with Crippen LogP contribution in [0.3, 0.4) is 0 Å². The summed E-state index contributed by atoms with van der Waals surface area (Å²) in [5, 5.41) is 13.4. The normalized spacial score (nSPS) is 14.4. The summed E-state index contributed by atoms with van der Waals surface area (Å²) in [6.45, 7) is 9.91. The van der Waals surface area contributed by atoms with E-state index >= 15 is 0 Å². The molecule has 4 heteroatoms. The van der Waals surface area contributed by atoms with Gasteiger partial charge in [-0.3, -0.25) is 4.79 Å². The predicted molar refractivity (Wildman–Crippen MR) is 78.0 cm³/mol. The Morgan fingerprint density at radius 2 is 2.00 bits per heavy atom. The van der Waals surface area contributed by atoms with Crippen LogP contribution in [-0.2, 0) is 9.53 Å². The van der Waals surface area contributed by atoms with E-state index in [0.717, 1.165) is 32.2 Å². The molecule has 0 aromatic rings. The van der Waals surface area contributed by atoms with Gasteiger partial charge in [0.1, 0.15) is 0 Å². The molecule has 0 rings (SSSR count). The van der Waals surface area contributed by atoms with Crippen LogP contribution >= 0.6 is 0 Å². The summed E-state index contributed by atoms with van der Waals surface area (Å²) in [6.07, 6.45) is 4.24. The van der Waals surface area contributed by atoms with Crippen molar-refractivity contribution in [2.45, 2.75) is 65.4 Å². The number of nitrogens with one attached hydrogen (secondary N) is 1. The molecule has 114 valence electrons. The van der Waals surface area contributed by atoms with E-state index in [-0.39, 0.29) is 5.97 Å². The SMILES string of the molecule is CCOC(=O)CCCCCNCC(C)(O)CC(C)C. The third kappa shape index (κ3) is 12.2. The Balaban J connectivity index is 3.42. The fraction of sp³-hybridized carbons (Fsp3) is 0.933. The number of hydrogen-bond acceptors (Lipinski definition) is 4. The molecule has 0 spiro atoms. The number of carbonyl (C=O) groups excluding carboxylic acids is 1. The highest BCUT2D eigenvalue weighted by Crippen LogP contribution is 2.14. The van der Waals surface area contributed by atoms with E-state index < -0.39 is 5.60 Å². The fourth-order valence-electron chi connectivity index (χ4n) is 2.24. The van der Waals surface area contributed by atoms with Crippen LogP contribution < -0.4 is 5.32 Å². The third-order valence-electron chi connectivity index (χ3n) is 2.89. The van der Waals surface area contributed by atoms with Crippen molar-refractivity contribution in [2.24, 2.45) is 5.92 Å². The molecule has 0 radical (unpaired) electrons. The molecule has 0 aliphatic rings. The first kappa shape index (κ1) is 18.4. The minimum atomic E-state index is -0.626. The average Bonchev–Trinajstić information content (AvgIpc) is 2.26. The smallest absolute Gasteiger partial charge is 0.305 e. The molecule has 4 nitrogen and oxygen atoms in total. The summed E-state index contributed by atoms with van der Waals surface area (Å²) in [5.74, 6) is 0.400. The Bertz CT molecular complexity index is 240. The summed E-state index contributed by atoms with van der Waals surface area (Å²) in [7, 11) is 0. The van der Waals surface area contributed by atoms with E-state index in [0.29, 0.717) is 25.5 Å². The number of carbonyl (C=O) groups is 1. The molecule has 0 amide bonds. The highest BCUT2D eigenvalue weighted by Gasteiger charge is 2.20. The number of unbranched alkanes of at least 4 members (excludes halogenated alkanes) is 2. The van der Waals surface area contributed by atoms with Crippen LogP contribution in [-0.4, -0.2) is 36.4 Å². The molecular formula is C15H31NO3. The first-order chi connectivity index (χ1) is 8.87. The first-order valence-corrected chi connectivity index (χ1v) is 7.46. The van der Waals surface area contributed by atoms with Crippen molar-refractivity contribution in [3.05, 3.63) is 0 Å². The lowest BCUT2D eigenvalue weighted by Gasteiger charge is -2.25. The Morgan fingerprint density at radius 1 is 1.32 bits per heavy atom. The van der Waals surface area contributed by atoms with Crippen molar-refractivity contribution < 1.29 is 14.6 Å². The number of rotatable bonds is 11. The van der Waals surface area contributed by atoms with Gasteiger partial charge in [0.15, 0.2) is 0 Å². The standard InChI is InChI=1S/C15H31NO3/c1-5-19-14(17)9-7-6-8-10-16-12-15(4,18)11-13(2)3/h13,16,18H,5-12H2,1-4H3. The topological polar surface area (TPSA) is 58.6 Å². The Morgan fingerprint density at radius 3 is 2.58 bits per heavy atom. The van der Waals surface area contributed by atoms with Gasteiger partial charge < -0.3 is 15.2 Å². The predicted octanol–water partition coefficient (Wildman–Crippen LogP) is 2.50. The van der Waals surface area contributed by atoms with Gasteiger partial charge in [-0.2, -0.15) is 0 Å². The van der Waals surface area contributed by atoms with Crippen molar-refractivity contribution in [3.63, 3.8) is 0 Å². The molecule has 0 saturated carbocycles. The number of esters is 1. The van der Waals surface area contributed by atoms with Crippen LogP contribution in [0.1, 0.15) is 59.8 Å². The van der Waals surface area contributed by atoms with Gasteiger partial charge in [-0.1, -0.05) is 20.3 Å². The average molecular weight is 273 g/mol. The molecule has 0 aliphatic carbocycles. The van der Waals surface area contributed by atoms with E-state index in [4.69, 9.17) is 4.74 Å². The molecule has 0 saturated heterocycles. The maximum absolute atomic E-state index is 11.1. The van der Waals surface area contributed by atoms with Gasteiger partial charge in [-0.15, -0.1) is 0 Å². The first-order valence-electron chi connectivity index (χ1n) is 7.46. The molecule has 0 aromatic heterocycles. The zero-order valence-corrected chi connectivity index (χ0v) is 13.0. The van der Waals surface area contributed by atoms with Gasteiger partial charge in [0, 0.05) is 13.0 Å². The van der Waals surface area contributed by atoms with Crippen molar-refractivity contribution in [1.29, 1.82) is 0 Å². The van der Waals surface area contributed by atoms with E-state index in [2.05, 4.69) is 19.2 Å².